The van der Waals surface area contributed by atoms with E-state index in [2.05, 4.69) is 25.6 Å². The third-order valence-electron chi connectivity index (χ3n) is 4.95. The molecular weight excluding hydrogens is 485 g/mol. The lowest BCUT2D eigenvalue weighted by molar-refractivity contribution is -0.144. The highest BCUT2D eigenvalue weighted by Crippen LogP contribution is 2.35. The van der Waals surface area contributed by atoms with Gasteiger partial charge in [0.05, 0.1) is 21.7 Å². The maximum absolute atomic E-state index is 13.4. The summed E-state index contributed by atoms with van der Waals surface area (Å²) in [6.45, 7) is 0. The SMILES string of the molecule is [B]C([B])([B])Oc1ncccc1C([B])([B])Nc1nc(C(F)(F)F)ncc1C(=O)NC(/C=C/SC)C1CC1. The van der Waals surface area contributed by atoms with Gasteiger partial charge in [-0.2, -0.15) is 13.2 Å². The van der Waals surface area contributed by atoms with Gasteiger partial charge in [-0.05, 0) is 47.1 Å². The second kappa shape index (κ2) is 10.9. The summed E-state index contributed by atoms with van der Waals surface area (Å²) in [5.74, 6) is -2.89. The summed E-state index contributed by atoms with van der Waals surface area (Å²) in [6, 6.07) is 2.45. The maximum Gasteiger partial charge on any atom is 0.451 e. The summed E-state index contributed by atoms with van der Waals surface area (Å²) in [7, 11) is 28.7. The molecule has 1 aliphatic carbocycles. The monoisotopic (exact) mass is 503 g/mol. The zero-order chi connectivity index (χ0) is 26.7. The largest absolute Gasteiger partial charge is 0.501 e. The van der Waals surface area contributed by atoms with Crippen LogP contribution in [0.15, 0.2) is 36.0 Å². The number of carbonyl (C=O) groups is 1. The topological polar surface area (TPSA) is 89.0 Å². The number of hydrogen-bond acceptors (Lipinski definition) is 7. The number of thioether (sulfide) groups is 1. The summed E-state index contributed by atoms with van der Waals surface area (Å²) < 4.78 is 45.3. The number of amides is 1. The van der Waals surface area contributed by atoms with Crippen LogP contribution in [0.5, 0.6) is 5.88 Å². The van der Waals surface area contributed by atoms with Gasteiger partial charge in [0, 0.05) is 18.0 Å². The zero-order valence-electron chi connectivity index (χ0n) is 19.1. The van der Waals surface area contributed by atoms with E-state index < -0.39 is 34.4 Å². The molecule has 0 bridgehead atoms. The standard InChI is InChI=1S/C20H17B5F3N5O2S/c1-36-8-6-13(10-4-5-10)31-15(34)11-9-30-17(19(26,27)28)32-14(11)33-18(21,22)12-3-2-7-29-16(12)35-20(23,24)25/h2-3,6-10,13H,4-5H2,1H3,(H,31,34)(H,30,32,33)/b8-6+. The van der Waals surface area contributed by atoms with Crippen LogP contribution in [0.1, 0.15) is 34.6 Å². The zero-order valence-corrected chi connectivity index (χ0v) is 19.9. The van der Waals surface area contributed by atoms with Gasteiger partial charge in [-0.3, -0.25) is 4.79 Å². The lowest BCUT2D eigenvalue weighted by atomic mass is 9.52. The number of nitrogens with one attached hydrogen (secondary N) is 2. The third kappa shape index (κ3) is 7.50. The van der Waals surface area contributed by atoms with Crippen LogP contribution >= 0.6 is 11.8 Å². The van der Waals surface area contributed by atoms with Gasteiger partial charge in [0.2, 0.25) is 11.7 Å². The van der Waals surface area contributed by atoms with Crippen molar-refractivity contribution in [3.63, 3.8) is 0 Å². The van der Waals surface area contributed by atoms with Gasteiger partial charge in [-0.15, -0.1) is 11.8 Å². The van der Waals surface area contributed by atoms with Gasteiger partial charge in [0.25, 0.3) is 5.91 Å². The number of anilines is 1. The Morgan fingerprint density at radius 2 is 1.92 bits per heavy atom. The lowest BCUT2D eigenvalue weighted by Crippen LogP contribution is -2.42. The number of rotatable bonds is 10. The first kappa shape index (κ1) is 28.1. The molecule has 3 rings (SSSR count). The number of nitrogens with zero attached hydrogens (tertiary/aromatic N) is 3. The first-order chi connectivity index (χ1) is 16.7. The van der Waals surface area contributed by atoms with Gasteiger partial charge in [0.1, 0.15) is 34.9 Å². The van der Waals surface area contributed by atoms with Crippen LogP contribution in [-0.2, 0) is 11.5 Å². The summed E-state index contributed by atoms with van der Waals surface area (Å²) >= 11 is 1.45. The molecule has 1 fully saturated rings. The normalized spacial score (nSPS) is 15.4. The number of ether oxygens (including phenoxy) is 1. The van der Waals surface area contributed by atoms with Crippen LogP contribution in [0, 0.1) is 5.92 Å². The Labute approximate surface area is 217 Å². The Hall–Kier alpha value is -2.50. The second-order valence-corrected chi connectivity index (χ2v) is 8.90. The molecular formula is C20H17B5F3N5O2S. The molecule has 2 aromatic heterocycles. The van der Waals surface area contributed by atoms with Crippen LogP contribution in [-0.4, -0.2) is 77.7 Å². The molecule has 2 N–H and O–H groups in total. The van der Waals surface area contributed by atoms with Crippen LogP contribution in [0.3, 0.4) is 0 Å². The van der Waals surface area contributed by atoms with Crippen molar-refractivity contribution in [2.24, 2.45) is 5.92 Å². The predicted octanol–water partition coefficient (Wildman–Crippen LogP) is 1.33. The van der Waals surface area contributed by atoms with E-state index in [-0.39, 0.29) is 29.0 Å². The van der Waals surface area contributed by atoms with Gasteiger partial charge < -0.3 is 15.4 Å². The van der Waals surface area contributed by atoms with E-state index in [0.29, 0.717) is 0 Å². The van der Waals surface area contributed by atoms with Crippen molar-refractivity contribution >= 4 is 62.7 Å². The van der Waals surface area contributed by atoms with Gasteiger partial charge >= 0.3 is 6.18 Å². The van der Waals surface area contributed by atoms with Crippen molar-refractivity contribution in [1.82, 2.24) is 20.3 Å². The Balaban J connectivity index is 1.99. The molecule has 10 radical (unpaired) electrons. The molecule has 0 spiro atoms. The van der Waals surface area contributed by atoms with Crippen LogP contribution in [0.4, 0.5) is 19.0 Å². The number of pyridine rings is 1. The molecule has 16 heteroatoms. The van der Waals surface area contributed by atoms with E-state index >= 15 is 0 Å². The predicted molar refractivity (Wildman–Crippen MR) is 135 cm³/mol. The minimum Gasteiger partial charge on any atom is -0.501 e. The first-order valence-electron chi connectivity index (χ1n) is 10.5. The van der Waals surface area contributed by atoms with Crippen LogP contribution in [0.25, 0.3) is 0 Å². The van der Waals surface area contributed by atoms with Crippen molar-refractivity contribution in [1.29, 1.82) is 0 Å². The highest BCUT2D eigenvalue weighted by atomic mass is 32.2. The molecule has 1 saturated carbocycles. The second-order valence-electron chi connectivity index (χ2n) is 8.16. The number of alkyl halides is 3. The fraction of sp³-hybridized carbons (Fsp3) is 0.400. The number of carbonyl (C=O) groups excluding carboxylic acids is 1. The van der Waals surface area contributed by atoms with Crippen molar-refractivity contribution in [2.45, 2.75) is 35.7 Å². The summed E-state index contributed by atoms with van der Waals surface area (Å²) in [5, 5.41) is 2.73. The Morgan fingerprint density at radius 1 is 1.22 bits per heavy atom. The van der Waals surface area contributed by atoms with Gasteiger partial charge in [-0.1, -0.05) is 12.1 Å². The van der Waals surface area contributed by atoms with Crippen LogP contribution < -0.4 is 15.4 Å². The Morgan fingerprint density at radius 3 is 2.50 bits per heavy atom. The van der Waals surface area contributed by atoms with E-state index in [0.717, 1.165) is 19.0 Å². The minimum absolute atomic E-state index is 0.0898. The number of aromatic nitrogens is 3. The molecule has 176 valence electrons. The van der Waals surface area contributed by atoms with Crippen molar-refractivity contribution in [2.75, 3.05) is 11.6 Å². The molecule has 1 amide bonds. The molecule has 0 saturated heterocycles. The number of hydrogen-bond donors (Lipinski definition) is 2. The molecule has 36 heavy (non-hydrogen) atoms. The van der Waals surface area contributed by atoms with Gasteiger partial charge in [0.15, 0.2) is 0 Å². The molecule has 1 unspecified atom stereocenters. The van der Waals surface area contributed by atoms with Crippen LogP contribution in [0.2, 0.25) is 0 Å². The maximum atomic E-state index is 13.4. The van der Waals surface area contributed by atoms with E-state index in [9.17, 15) is 18.0 Å². The lowest BCUT2D eigenvalue weighted by Gasteiger charge is -2.33. The summed E-state index contributed by atoms with van der Waals surface area (Å²) in [5.41, 5.74) is -0.406. The Kier molecular flexibility index (Phi) is 8.47. The van der Waals surface area contributed by atoms with E-state index in [1.807, 2.05) is 17.7 Å². The Bertz CT molecular complexity index is 1130. The van der Waals surface area contributed by atoms with E-state index in [4.69, 9.17) is 44.0 Å². The molecule has 2 aromatic rings. The van der Waals surface area contributed by atoms with Crippen molar-refractivity contribution < 1.29 is 22.7 Å². The highest BCUT2D eigenvalue weighted by Gasteiger charge is 2.37. The average molecular weight is 503 g/mol. The molecule has 1 aliphatic rings. The molecule has 0 aliphatic heterocycles. The third-order valence-corrected chi connectivity index (χ3v) is 5.38. The fourth-order valence-electron chi connectivity index (χ4n) is 3.17. The highest BCUT2D eigenvalue weighted by molar-refractivity contribution is 8.01. The average Bonchev–Trinajstić information content (AvgIpc) is 3.60. The smallest absolute Gasteiger partial charge is 0.451 e. The molecule has 0 aromatic carbocycles. The van der Waals surface area contributed by atoms with Crippen molar-refractivity contribution in [3.05, 3.63) is 53.0 Å². The molecule has 7 nitrogen and oxygen atoms in total. The first-order valence-corrected chi connectivity index (χ1v) is 11.8. The quantitative estimate of drug-likeness (QED) is 0.474. The number of halogens is 3. The summed E-state index contributed by atoms with van der Waals surface area (Å²) in [4.78, 5) is 23.8. The van der Waals surface area contributed by atoms with E-state index in [1.165, 1.54) is 30.1 Å². The molecule has 1 atom stereocenters. The van der Waals surface area contributed by atoms with Crippen molar-refractivity contribution in [3.8, 4) is 5.88 Å². The molecule has 2 heterocycles. The minimum atomic E-state index is -4.91. The summed E-state index contributed by atoms with van der Waals surface area (Å²) in [6.07, 6.45) is 2.62. The van der Waals surface area contributed by atoms with E-state index in [1.54, 1.807) is 0 Å². The van der Waals surface area contributed by atoms with Gasteiger partial charge in [-0.25, -0.2) is 15.0 Å². The fourth-order valence-corrected chi connectivity index (χ4v) is 3.49.